The molecule has 1 heterocycles. The second kappa shape index (κ2) is 6.28. The van der Waals surface area contributed by atoms with Crippen molar-refractivity contribution >= 4 is 11.6 Å². The van der Waals surface area contributed by atoms with Gasteiger partial charge in [-0.05, 0) is 31.5 Å². The molecule has 1 aliphatic rings. The van der Waals surface area contributed by atoms with Crippen LogP contribution in [0.5, 0.6) is 5.75 Å². The van der Waals surface area contributed by atoms with Crippen molar-refractivity contribution in [2.24, 2.45) is 0 Å². The van der Waals surface area contributed by atoms with Gasteiger partial charge in [-0.3, -0.25) is 0 Å². The van der Waals surface area contributed by atoms with Gasteiger partial charge in [-0.25, -0.2) is 4.39 Å². The summed E-state index contributed by atoms with van der Waals surface area (Å²) in [4.78, 5) is 0. The molecular weight excluding hydrogens is 252 g/mol. The van der Waals surface area contributed by atoms with E-state index in [4.69, 9.17) is 16.3 Å². The Morgan fingerprint density at radius 1 is 1.50 bits per heavy atom. The second-order valence-corrected chi connectivity index (χ2v) is 4.09. The third-order valence-corrected chi connectivity index (χ3v) is 2.79. The van der Waals surface area contributed by atoms with Crippen LogP contribution < -0.4 is 22.5 Å². The minimum absolute atomic E-state index is 0. The van der Waals surface area contributed by atoms with Crippen LogP contribution in [0.15, 0.2) is 18.2 Å². The van der Waals surface area contributed by atoms with E-state index in [1.807, 2.05) is 0 Å². The quantitative estimate of drug-likeness (QED) is 0.804. The average molecular weight is 265 g/mol. The van der Waals surface area contributed by atoms with Crippen LogP contribution in [0.25, 0.3) is 0 Å². The van der Waals surface area contributed by atoms with Gasteiger partial charge < -0.3 is 22.5 Å². The van der Waals surface area contributed by atoms with Gasteiger partial charge in [-0.2, -0.15) is 0 Å². The summed E-state index contributed by atoms with van der Waals surface area (Å²) in [6.07, 6.45) is 2.33. The number of halogens is 3. The molecule has 5 heteroatoms. The molecule has 0 saturated carbocycles. The summed E-state index contributed by atoms with van der Waals surface area (Å²) < 4.78 is 18.4. The van der Waals surface area contributed by atoms with Crippen LogP contribution in [0.4, 0.5) is 4.39 Å². The first-order valence-corrected chi connectivity index (χ1v) is 5.45. The molecular formula is C11H13Cl2FNO-. The average Bonchev–Trinajstić information content (AvgIpc) is 2.73. The lowest BCUT2D eigenvalue weighted by Crippen LogP contribution is -3.00. The maximum Gasteiger partial charge on any atom is 0.142 e. The molecule has 0 amide bonds. The van der Waals surface area contributed by atoms with Crippen LogP contribution in [0.3, 0.4) is 0 Å². The summed E-state index contributed by atoms with van der Waals surface area (Å²) in [6.45, 7) is 1.67. The minimum Gasteiger partial charge on any atom is -1.00 e. The minimum atomic E-state index is -0.414. The molecule has 1 saturated heterocycles. The van der Waals surface area contributed by atoms with E-state index in [2.05, 4.69) is 5.32 Å². The Labute approximate surface area is 106 Å². The highest BCUT2D eigenvalue weighted by Gasteiger charge is 2.14. The molecule has 0 radical (unpaired) electrons. The number of hydrogen-bond donors (Lipinski definition) is 1. The number of hydrogen-bond acceptors (Lipinski definition) is 2. The van der Waals surface area contributed by atoms with Crippen LogP contribution in [0.2, 0.25) is 5.02 Å². The number of benzene rings is 1. The lowest BCUT2D eigenvalue weighted by Gasteiger charge is -2.12. The largest absolute Gasteiger partial charge is 1.00 e. The molecule has 1 aromatic rings. The smallest absolute Gasteiger partial charge is 0.142 e. The summed E-state index contributed by atoms with van der Waals surface area (Å²) in [5.74, 6) is 0.207. The van der Waals surface area contributed by atoms with E-state index in [1.165, 1.54) is 18.6 Å². The second-order valence-electron chi connectivity index (χ2n) is 3.68. The lowest BCUT2D eigenvalue weighted by molar-refractivity contribution is -0.00000397. The number of nitrogens with one attached hydrogen (secondary N) is 1. The fraction of sp³-hybridized carbons (Fsp3) is 0.455. The van der Waals surface area contributed by atoms with E-state index < -0.39 is 5.82 Å². The van der Waals surface area contributed by atoms with Crippen molar-refractivity contribution in [2.45, 2.75) is 18.9 Å². The van der Waals surface area contributed by atoms with Crippen molar-refractivity contribution in [3.63, 3.8) is 0 Å². The van der Waals surface area contributed by atoms with Crippen LogP contribution >= 0.6 is 11.6 Å². The molecule has 0 spiro atoms. The molecule has 1 aromatic carbocycles. The summed E-state index contributed by atoms with van der Waals surface area (Å²) >= 11 is 5.64. The monoisotopic (exact) mass is 264 g/mol. The topological polar surface area (TPSA) is 21.3 Å². The molecule has 0 aliphatic carbocycles. The number of rotatable bonds is 3. The normalized spacial score (nSPS) is 19.2. The van der Waals surface area contributed by atoms with Gasteiger partial charge in [-0.1, -0.05) is 11.6 Å². The zero-order valence-electron chi connectivity index (χ0n) is 8.68. The van der Waals surface area contributed by atoms with Gasteiger partial charge >= 0.3 is 0 Å². The lowest BCUT2D eigenvalue weighted by atomic mass is 10.2. The molecule has 1 unspecified atom stereocenters. The van der Waals surface area contributed by atoms with E-state index >= 15 is 0 Å². The Morgan fingerprint density at radius 3 is 2.94 bits per heavy atom. The third kappa shape index (κ3) is 3.51. The zero-order valence-corrected chi connectivity index (χ0v) is 10.2. The van der Waals surface area contributed by atoms with Crippen molar-refractivity contribution < 1.29 is 21.5 Å². The highest BCUT2D eigenvalue weighted by molar-refractivity contribution is 6.30. The summed E-state index contributed by atoms with van der Waals surface area (Å²) in [7, 11) is 0. The molecule has 2 rings (SSSR count). The van der Waals surface area contributed by atoms with Gasteiger partial charge in [0, 0.05) is 12.1 Å². The molecule has 1 atom stereocenters. The Kier molecular flexibility index (Phi) is 5.32. The third-order valence-electron chi connectivity index (χ3n) is 2.50. The van der Waals surface area contributed by atoms with Gasteiger partial charge in [0.15, 0.2) is 0 Å². The predicted octanol–water partition coefficient (Wildman–Crippen LogP) is -0.386. The molecule has 1 aliphatic heterocycles. The van der Waals surface area contributed by atoms with Gasteiger partial charge in [0.25, 0.3) is 0 Å². The summed E-state index contributed by atoms with van der Waals surface area (Å²) in [6, 6.07) is 4.83. The van der Waals surface area contributed by atoms with Crippen LogP contribution in [0.1, 0.15) is 12.8 Å². The van der Waals surface area contributed by atoms with Gasteiger partial charge in [-0.15, -0.1) is 0 Å². The highest BCUT2D eigenvalue weighted by atomic mass is 35.5. The molecule has 1 N–H and O–H groups in total. The SMILES string of the molecule is Fc1ccc(OCC2CCCN2)cc1Cl.[Cl-]. The number of ether oxygens (including phenoxy) is 1. The van der Waals surface area contributed by atoms with Gasteiger partial charge in [0.05, 0.1) is 5.02 Å². The first kappa shape index (κ1) is 13.6. The van der Waals surface area contributed by atoms with E-state index in [0.29, 0.717) is 18.4 Å². The first-order valence-electron chi connectivity index (χ1n) is 5.07. The fourth-order valence-corrected chi connectivity index (χ4v) is 1.83. The van der Waals surface area contributed by atoms with Crippen molar-refractivity contribution in [1.29, 1.82) is 0 Å². The van der Waals surface area contributed by atoms with Crippen molar-refractivity contribution in [2.75, 3.05) is 13.2 Å². The van der Waals surface area contributed by atoms with Crippen molar-refractivity contribution in [3.8, 4) is 5.75 Å². The Morgan fingerprint density at radius 2 is 2.31 bits per heavy atom. The van der Waals surface area contributed by atoms with Crippen LogP contribution in [-0.4, -0.2) is 19.2 Å². The molecule has 90 valence electrons. The highest BCUT2D eigenvalue weighted by Crippen LogP contribution is 2.21. The fourth-order valence-electron chi connectivity index (χ4n) is 1.66. The van der Waals surface area contributed by atoms with E-state index in [1.54, 1.807) is 6.07 Å². The maximum atomic E-state index is 12.8. The maximum absolute atomic E-state index is 12.8. The van der Waals surface area contributed by atoms with E-state index in [0.717, 1.165) is 13.0 Å². The van der Waals surface area contributed by atoms with Crippen molar-refractivity contribution in [3.05, 3.63) is 29.0 Å². The van der Waals surface area contributed by atoms with E-state index in [9.17, 15) is 4.39 Å². The summed E-state index contributed by atoms with van der Waals surface area (Å²) in [5.41, 5.74) is 0. The van der Waals surface area contributed by atoms with Gasteiger partial charge in [0.2, 0.25) is 0 Å². The molecule has 16 heavy (non-hydrogen) atoms. The van der Waals surface area contributed by atoms with Crippen LogP contribution in [0, 0.1) is 5.82 Å². The Balaban J connectivity index is 0.00000128. The Hall–Kier alpha value is -0.510. The van der Waals surface area contributed by atoms with E-state index in [-0.39, 0.29) is 17.4 Å². The molecule has 2 nitrogen and oxygen atoms in total. The van der Waals surface area contributed by atoms with Gasteiger partial charge in [0.1, 0.15) is 18.2 Å². The standard InChI is InChI=1S/C11H13ClFNO.ClH/c12-10-6-9(3-4-11(10)13)15-7-8-2-1-5-14-8;/h3-4,6,8,14H,1-2,5,7H2;1H/p-1. The van der Waals surface area contributed by atoms with Crippen LogP contribution in [-0.2, 0) is 0 Å². The zero-order chi connectivity index (χ0) is 10.7. The van der Waals surface area contributed by atoms with Crippen molar-refractivity contribution in [1.82, 2.24) is 5.32 Å². The first-order chi connectivity index (χ1) is 7.25. The predicted molar refractivity (Wildman–Crippen MR) is 57.9 cm³/mol. The molecule has 0 bridgehead atoms. The summed E-state index contributed by atoms with van der Waals surface area (Å²) in [5, 5.41) is 3.42. The Bertz CT molecular complexity index is 343. The molecule has 1 fully saturated rings. The molecule has 0 aromatic heterocycles.